The van der Waals surface area contributed by atoms with Gasteiger partial charge in [0.2, 0.25) is 0 Å². The van der Waals surface area contributed by atoms with Gasteiger partial charge in [0.1, 0.15) is 0 Å². The maximum atomic E-state index is 9.72. The van der Waals surface area contributed by atoms with Crippen molar-refractivity contribution in [1.29, 1.82) is 0 Å². The normalized spacial score (nSPS) is 12.2. The molecule has 0 aromatic carbocycles. The Morgan fingerprint density at radius 2 is 1.19 bits per heavy atom. The highest BCUT2D eigenvalue weighted by Crippen LogP contribution is 2.12. The summed E-state index contributed by atoms with van der Waals surface area (Å²) in [4.78, 5) is 19.4. The number of rotatable bonds is 10. The zero-order valence-electron chi connectivity index (χ0n) is 14.4. The van der Waals surface area contributed by atoms with E-state index in [1.165, 1.54) is 56.3 Å². The SMILES string of the molecule is CC(C(=O)[O-])C(=O)O.CCC[N+](CCC)(CCC)CCC. The van der Waals surface area contributed by atoms with E-state index >= 15 is 0 Å². The third-order valence-electron chi connectivity index (χ3n) is 3.52. The van der Waals surface area contributed by atoms with Crippen LogP contribution < -0.4 is 5.11 Å². The molecule has 0 saturated carbocycles. The van der Waals surface area contributed by atoms with E-state index in [0.29, 0.717) is 0 Å². The van der Waals surface area contributed by atoms with Crippen LogP contribution in [-0.4, -0.2) is 47.7 Å². The minimum atomic E-state index is -1.56. The molecule has 0 spiro atoms. The molecule has 0 radical (unpaired) electrons. The topological polar surface area (TPSA) is 77.4 Å². The molecule has 0 fully saturated rings. The lowest BCUT2D eigenvalue weighted by atomic mass is 10.2. The largest absolute Gasteiger partial charge is 0.549 e. The van der Waals surface area contributed by atoms with Crippen LogP contribution in [0.5, 0.6) is 0 Å². The van der Waals surface area contributed by atoms with E-state index in [0.717, 1.165) is 6.92 Å². The lowest BCUT2D eigenvalue weighted by molar-refractivity contribution is -0.928. The lowest BCUT2D eigenvalue weighted by Gasteiger charge is -2.38. The molecule has 0 heterocycles. The molecule has 0 amide bonds. The molecule has 0 aromatic heterocycles. The average Bonchev–Trinajstić information content (AvgIpc) is 2.39. The third-order valence-corrected chi connectivity index (χ3v) is 3.52. The van der Waals surface area contributed by atoms with Crippen LogP contribution in [-0.2, 0) is 9.59 Å². The van der Waals surface area contributed by atoms with Gasteiger partial charge in [0.05, 0.1) is 38.1 Å². The van der Waals surface area contributed by atoms with Crippen molar-refractivity contribution in [3.8, 4) is 0 Å². The van der Waals surface area contributed by atoms with Crippen LogP contribution in [0, 0.1) is 5.92 Å². The molecule has 1 N–H and O–H groups in total. The second-order valence-corrected chi connectivity index (χ2v) is 5.62. The van der Waals surface area contributed by atoms with E-state index in [1.807, 2.05) is 0 Å². The molecular weight excluding hydrogens is 270 g/mol. The van der Waals surface area contributed by atoms with Crippen molar-refractivity contribution in [3.05, 3.63) is 0 Å². The Balaban J connectivity index is 0. The van der Waals surface area contributed by atoms with Crippen LogP contribution in [0.1, 0.15) is 60.3 Å². The van der Waals surface area contributed by atoms with E-state index < -0.39 is 17.9 Å². The molecule has 1 unspecified atom stereocenters. The number of carbonyl (C=O) groups is 2. The first-order chi connectivity index (χ1) is 9.80. The lowest BCUT2D eigenvalue weighted by Crippen LogP contribution is -2.50. The van der Waals surface area contributed by atoms with Gasteiger partial charge in [-0.05, 0) is 32.6 Å². The average molecular weight is 303 g/mol. The quantitative estimate of drug-likeness (QED) is 0.494. The summed E-state index contributed by atoms with van der Waals surface area (Å²) in [5.41, 5.74) is 0. The molecule has 0 saturated heterocycles. The molecule has 5 heteroatoms. The summed E-state index contributed by atoms with van der Waals surface area (Å²) in [6.45, 7) is 15.8. The number of carbonyl (C=O) groups excluding carboxylic acids is 1. The van der Waals surface area contributed by atoms with Gasteiger partial charge in [-0.25, -0.2) is 0 Å². The predicted octanol–water partition coefficient (Wildman–Crippen LogP) is 1.90. The Labute approximate surface area is 129 Å². The maximum Gasteiger partial charge on any atom is 0.311 e. The van der Waals surface area contributed by atoms with Crippen molar-refractivity contribution in [3.63, 3.8) is 0 Å². The summed E-state index contributed by atoms with van der Waals surface area (Å²) in [6, 6.07) is 0. The van der Waals surface area contributed by atoms with Crippen LogP contribution in [0.3, 0.4) is 0 Å². The summed E-state index contributed by atoms with van der Waals surface area (Å²) in [5.74, 6) is -4.34. The van der Waals surface area contributed by atoms with Gasteiger partial charge >= 0.3 is 5.97 Å². The highest BCUT2D eigenvalue weighted by molar-refractivity contribution is 5.91. The van der Waals surface area contributed by atoms with Crippen molar-refractivity contribution >= 4 is 11.9 Å². The number of hydrogen-bond acceptors (Lipinski definition) is 3. The summed E-state index contributed by atoms with van der Waals surface area (Å²) in [7, 11) is 0. The van der Waals surface area contributed by atoms with E-state index in [9.17, 15) is 14.7 Å². The second kappa shape index (κ2) is 12.6. The Kier molecular flexibility index (Phi) is 13.3. The highest BCUT2D eigenvalue weighted by atomic mass is 16.4. The third kappa shape index (κ3) is 10.3. The van der Waals surface area contributed by atoms with Crippen LogP contribution >= 0.6 is 0 Å². The van der Waals surface area contributed by atoms with Crippen molar-refractivity contribution in [2.45, 2.75) is 60.3 Å². The molecule has 1 atom stereocenters. The Morgan fingerprint density at radius 3 is 1.29 bits per heavy atom. The fourth-order valence-electron chi connectivity index (χ4n) is 2.67. The maximum absolute atomic E-state index is 9.72. The number of carboxylic acids is 2. The molecule has 0 aliphatic carbocycles. The molecule has 0 aliphatic rings. The smallest absolute Gasteiger partial charge is 0.311 e. The van der Waals surface area contributed by atoms with Gasteiger partial charge in [-0.2, -0.15) is 0 Å². The van der Waals surface area contributed by atoms with Gasteiger partial charge < -0.3 is 19.5 Å². The summed E-state index contributed by atoms with van der Waals surface area (Å²) in [5, 5.41) is 17.6. The van der Waals surface area contributed by atoms with Crippen LogP contribution in [0.15, 0.2) is 0 Å². The number of hydrogen-bond donors (Lipinski definition) is 1. The summed E-state index contributed by atoms with van der Waals surface area (Å²) in [6.07, 6.45) is 5.33. The van der Waals surface area contributed by atoms with Crippen LogP contribution in [0.25, 0.3) is 0 Å². The minimum Gasteiger partial charge on any atom is -0.549 e. The predicted molar refractivity (Wildman–Crippen MR) is 82.7 cm³/mol. The first kappa shape index (κ1) is 22.2. The van der Waals surface area contributed by atoms with Gasteiger partial charge in [-0.15, -0.1) is 0 Å². The van der Waals surface area contributed by atoms with Crippen molar-refractivity contribution < 1.29 is 24.3 Å². The van der Waals surface area contributed by atoms with Crippen LogP contribution in [0.2, 0.25) is 0 Å². The van der Waals surface area contributed by atoms with E-state index in [-0.39, 0.29) is 0 Å². The minimum absolute atomic E-state index is 1.05. The number of aliphatic carboxylic acids is 2. The Morgan fingerprint density at radius 1 is 0.905 bits per heavy atom. The molecular formula is C16H33NO4. The first-order valence-electron chi connectivity index (χ1n) is 8.08. The molecule has 21 heavy (non-hydrogen) atoms. The fraction of sp³-hybridized carbons (Fsp3) is 0.875. The molecule has 126 valence electrons. The molecule has 0 aliphatic heterocycles. The summed E-state index contributed by atoms with van der Waals surface area (Å²) < 4.78 is 1.38. The second-order valence-electron chi connectivity index (χ2n) is 5.62. The molecule has 0 aromatic rings. The van der Waals surface area contributed by atoms with Crippen LogP contribution in [0.4, 0.5) is 0 Å². The molecule has 5 nitrogen and oxygen atoms in total. The molecule has 0 bridgehead atoms. The Hall–Kier alpha value is -1.10. The van der Waals surface area contributed by atoms with Crippen molar-refractivity contribution in [2.75, 3.05) is 26.2 Å². The number of quaternary nitrogens is 1. The van der Waals surface area contributed by atoms with Gasteiger partial charge in [-0.3, -0.25) is 4.79 Å². The monoisotopic (exact) mass is 303 g/mol. The van der Waals surface area contributed by atoms with Crippen molar-refractivity contribution in [2.24, 2.45) is 5.92 Å². The van der Waals surface area contributed by atoms with E-state index in [2.05, 4.69) is 27.7 Å². The Bertz CT molecular complexity index is 248. The standard InChI is InChI=1S/C12H28N.C4H6O4/c1-5-9-13(10-6-2,11-7-3)12-8-4;1-2(3(5)6)4(7)8/h5-12H2,1-4H3;2H,1H3,(H,5,6)(H,7,8)/q+1;/p-1. The highest BCUT2D eigenvalue weighted by Gasteiger charge is 2.22. The first-order valence-corrected chi connectivity index (χ1v) is 8.08. The zero-order valence-corrected chi connectivity index (χ0v) is 14.4. The number of nitrogens with zero attached hydrogens (tertiary/aromatic N) is 1. The van der Waals surface area contributed by atoms with Gasteiger partial charge in [-0.1, -0.05) is 27.7 Å². The van der Waals surface area contributed by atoms with Gasteiger partial charge in [0.15, 0.2) is 0 Å². The summed E-state index contributed by atoms with van der Waals surface area (Å²) >= 11 is 0. The van der Waals surface area contributed by atoms with E-state index in [4.69, 9.17) is 5.11 Å². The van der Waals surface area contributed by atoms with Gasteiger partial charge in [0.25, 0.3) is 0 Å². The molecule has 0 rings (SSSR count). The van der Waals surface area contributed by atoms with Gasteiger partial charge in [0, 0.05) is 0 Å². The fourth-order valence-corrected chi connectivity index (χ4v) is 2.67. The van der Waals surface area contributed by atoms with E-state index in [1.54, 1.807) is 0 Å². The zero-order chi connectivity index (χ0) is 16.9. The van der Waals surface area contributed by atoms with Crippen molar-refractivity contribution in [1.82, 2.24) is 0 Å². The number of carboxylic acid groups (broad SMARTS) is 2.